The minimum atomic E-state index is -0.888. The van der Waals surface area contributed by atoms with Crippen molar-refractivity contribution in [2.75, 3.05) is 41.0 Å². The second kappa shape index (κ2) is 39.6. The number of carbonyl (C=O) groups is 6. The summed E-state index contributed by atoms with van der Waals surface area (Å²) in [7, 11) is 4.83. The predicted molar refractivity (Wildman–Crippen MR) is 469 cm³/mol. The minimum Gasteiger partial charge on any atom is -0.540 e. The fourth-order valence-electron chi connectivity index (χ4n) is 20.6. The van der Waals surface area contributed by atoms with Gasteiger partial charge in [0, 0.05) is 91.6 Å². The monoisotopic (exact) mass is 1900 g/mol. The molecule has 30 nitrogen and oxygen atoms in total. The van der Waals surface area contributed by atoms with E-state index in [9.17, 15) is 43.2 Å². The molecule has 6 aliphatic heterocycles. The van der Waals surface area contributed by atoms with Crippen LogP contribution in [0.3, 0.4) is 0 Å². The maximum Gasteiger partial charge on any atom is 0.408 e. The molecular weight excluding hydrogens is 1770 g/mol. The van der Waals surface area contributed by atoms with E-state index in [1.165, 1.54) is 40.4 Å². The summed E-state index contributed by atoms with van der Waals surface area (Å²) in [5.74, 6) is 2.33. The van der Waals surface area contributed by atoms with Gasteiger partial charge in [-0.15, -0.1) is 0 Å². The molecule has 6 aliphatic carbocycles. The first-order valence-corrected chi connectivity index (χ1v) is 46.1. The minimum absolute atomic E-state index is 0. The average Bonchev–Trinajstić information content (AvgIpc) is 1.56. The third-order valence-electron chi connectivity index (χ3n) is 29.3. The van der Waals surface area contributed by atoms with Crippen LogP contribution in [0.25, 0.3) is 33.1 Å². The van der Waals surface area contributed by atoms with E-state index in [2.05, 4.69) is 34.8 Å². The number of hydrogen-bond acceptors (Lipinski definition) is 24. The number of rotatable bonds is 7. The standard InChI is InChI=1S/C33H43N4O6.2C32H41N4O6.3V/c1-6-21-25(18-38)37-17-27(21)42-29-23(34-22-10-9-20(41-5)15-24(22)35-29)8-7-11-33(12-13-33)16-19-14-26(19)43-31(40)36-28(30(37)39)32(2,3)4;1-18-24(17-37)36-16-26(18)41-28-22(33-21-9-8-20(40-5)14-23(21)34-28)7-6-10-32(11-12-32)15-19-13-25(19)42-30(39)35-27(29(36)38)31(2,3)4;1-18-24(17-37)36-16-26(18)41-28-22(33-21-10-9-19(40-5)14-23(21)34-28)8-6-7-11-32(12-13-32)20-15-25(20)42-30(39)35-27(29(36)38)31(2,3)4;;;/h9-10,15,19,21,25-28H,6-8,11-14,16-17H2,1-5H3,(H,36,40);8-9,14,18-19,24-27H,6-7,10-13,15-16H2,1-5H3,(H,35,39);9-10,14,18,20,24-27H,6-8,11-13,15-16H2,1-5H3,(H,35,39);;;/q3*-1;;;/t19-,21-,25+,26+,27-,28+;18-,19-,24+,25+,26-,27+;18-,20+,24+,25+,26-,27+;;;/m000.../s1. The van der Waals surface area contributed by atoms with E-state index in [-0.39, 0.29) is 135 Å². The summed E-state index contributed by atoms with van der Waals surface area (Å²) < 4.78 is 53.3. The number of amides is 6. The Bertz CT molecular complexity index is 5190. The second-order valence-electron chi connectivity index (χ2n) is 41.6. The van der Waals surface area contributed by atoms with Crippen LogP contribution in [0.15, 0.2) is 54.6 Å². The van der Waals surface area contributed by atoms with Crippen molar-refractivity contribution in [3.05, 3.63) is 71.7 Å². The molecule has 18 rings (SSSR count). The first-order chi connectivity index (χ1) is 60.6. The van der Waals surface area contributed by atoms with Crippen molar-refractivity contribution in [1.29, 1.82) is 0 Å². The summed E-state index contributed by atoms with van der Waals surface area (Å²) >= 11 is 0. The Morgan fingerprint density at radius 2 is 0.754 bits per heavy atom. The Hall–Kier alpha value is -8.54. The molecule has 3 saturated heterocycles. The van der Waals surface area contributed by atoms with Gasteiger partial charge in [-0.2, -0.15) is 0 Å². The van der Waals surface area contributed by atoms with Crippen molar-refractivity contribution in [2.24, 2.45) is 68.0 Å². The zero-order valence-electron chi connectivity index (χ0n) is 77.5. The largest absolute Gasteiger partial charge is 0.540 e. The molecule has 9 fully saturated rings. The van der Waals surface area contributed by atoms with E-state index in [0.29, 0.717) is 106 Å². The van der Waals surface area contributed by atoms with Crippen molar-refractivity contribution in [3.8, 4) is 34.9 Å². The zero-order valence-corrected chi connectivity index (χ0v) is 81.7. The number of aromatic nitrogens is 6. The number of aryl methyl sites for hydroxylation is 3. The Morgan fingerprint density at radius 3 is 1.09 bits per heavy atom. The van der Waals surface area contributed by atoms with Crippen molar-refractivity contribution in [2.45, 2.75) is 297 Å². The first kappa shape index (κ1) is 99.0. The predicted octanol–water partition coefficient (Wildman–Crippen LogP) is 13.5. The molecule has 3 aromatic carbocycles. The Labute approximate surface area is 797 Å². The van der Waals surface area contributed by atoms with E-state index >= 15 is 0 Å². The molecule has 18 atom stereocenters. The van der Waals surface area contributed by atoms with Gasteiger partial charge in [-0.1, -0.05) is 114 Å². The SMILES string of the molecule is CC[C@@H]1[C@@H]2CN(C(=O)[C@H](C(C)(C)C)NC(=O)O[C@@H]3C[C@H]3CC3(CCCc4nc5ccc(OC)cc5nc4O2)CC3)[C@@H]1[C-]=O.COc1ccc2nc3c(nc2c1)O[C@H]1CN(C(=O)[C@H](C(C)(C)C)NC(=O)O[C@@H]2C[C@H]2C2(CCCC3)CC2)[C@H]([C-]=O)[C@@H]1C.COc1ccc2nc3c(nc2c1)O[C@H]1CN(C(=O)[C@H](C(C)(C)C)NC(=O)O[C@@H]2C[C@H]2CC2(CCC3)CC2)[C@H]([C-]=O)[C@@H]1C.[V].[V].[V]. The van der Waals surface area contributed by atoms with E-state index < -0.39 is 89.1 Å². The molecular formula is C97H125N12O18V3-3. The van der Waals surface area contributed by atoms with Gasteiger partial charge in [-0.25, -0.2) is 63.1 Å². The summed E-state index contributed by atoms with van der Waals surface area (Å²) in [6, 6.07) is 11.7. The van der Waals surface area contributed by atoms with Gasteiger partial charge in [0.1, 0.15) is 89.1 Å². The van der Waals surface area contributed by atoms with E-state index in [1.54, 1.807) is 21.3 Å². The van der Waals surface area contributed by atoms with Crippen molar-refractivity contribution >= 4 is 88.0 Å². The fourth-order valence-corrected chi connectivity index (χ4v) is 20.6. The van der Waals surface area contributed by atoms with Gasteiger partial charge in [0.25, 0.3) is 0 Å². The van der Waals surface area contributed by atoms with Crippen LogP contribution in [0.2, 0.25) is 0 Å². The van der Waals surface area contributed by atoms with Crippen LogP contribution in [0, 0.1) is 68.0 Å². The van der Waals surface area contributed by atoms with Gasteiger partial charge in [-0.05, 0) is 215 Å². The molecule has 0 unspecified atom stereocenters. The van der Waals surface area contributed by atoms with Gasteiger partial charge >= 0.3 is 18.3 Å². The van der Waals surface area contributed by atoms with Gasteiger partial charge in [0.15, 0.2) is 0 Å². The van der Waals surface area contributed by atoms with Crippen LogP contribution in [-0.4, -0.2) is 213 Å². The van der Waals surface area contributed by atoms with Crippen LogP contribution in [-0.2, 0) is 118 Å². The molecule has 33 heteroatoms. The topological polar surface area (TPSA) is 360 Å². The number of alkyl carbamates (subject to hydrolysis) is 3. The Kier molecular flexibility index (Phi) is 30.1. The third-order valence-corrected chi connectivity index (χ3v) is 29.3. The maximum atomic E-state index is 14.1. The second-order valence-corrected chi connectivity index (χ2v) is 41.6. The first-order valence-electron chi connectivity index (χ1n) is 46.1. The summed E-state index contributed by atoms with van der Waals surface area (Å²) in [5.41, 5.74) is 5.55. The number of benzene rings is 3. The molecule has 9 heterocycles. The van der Waals surface area contributed by atoms with E-state index in [4.69, 9.17) is 72.5 Å². The van der Waals surface area contributed by atoms with Crippen molar-refractivity contribution in [3.63, 3.8) is 0 Å². The summed E-state index contributed by atoms with van der Waals surface area (Å²) in [6.45, 7) is 23.2. The number of ether oxygens (including phenoxy) is 9. The summed E-state index contributed by atoms with van der Waals surface area (Å²) in [5, 5.41) is 8.54. The molecule has 3 spiro atoms. The molecule has 6 bridgehead atoms. The third kappa shape index (κ3) is 21.8. The van der Waals surface area contributed by atoms with Crippen LogP contribution in [0.4, 0.5) is 14.4 Å². The van der Waals surface area contributed by atoms with Gasteiger partial charge in [0.2, 0.25) is 35.4 Å². The van der Waals surface area contributed by atoms with Gasteiger partial charge < -0.3 is 87.7 Å². The molecule has 3 radical (unpaired) electrons. The van der Waals surface area contributed by atoms with Crippen molar-refractivity contribution < 1.29 is 141 Å². The molecule has 12 aliphatic rings. The fraction of sp³-hybridized carbons (Fsp3) is 0.660. The quantitative estimate of drug-likeness (QED) is 0.0987. The normalized spacial score (nSPS) is 30.3. The molecule has 6 aromatic rings. The van der Waals surface area contributed by atoms with E-state index in [0.717, 1.165) is 124 Å². The number of nitrogens with one attached hydrogen (secondary N) is 3. The molecule has 130 heavy (non-hydrogen) atoms. The molecule has 6 amide bonds. The number of carbonyl (C=O) groups excluding carboxylic acids is 9. The molecule has 3 N–H and O–H groups in total. The summed E-state index contributed by atoms with van der Waals surface area (Å²) in [6.07, 6.45) is 24.2. The van der Waals surface area contributed by atoms with Crippen LogP contribution >= 0.6 is 0 Å². The Morgan fingerprint density at radius 1 is 0.408 bits per heavy atom. The number of nitrogens with zero attached hydrogens (tertiary/aromatic N) is 9. The Balaban J connectivity index is 0.000000164. The average molecular weight is 1900 g/mol. The van der Waals surface area contributed by atoms with Gasteiger partial charge in [-0.3, -0.25) is 14.4 Å². The maximum absolute atomic E-state index is 14.1. The number of fused-ring (bicyclic) bond motifs is 16. The van der Waals surface area contributed by atoms with Gasteiger partial charge in [0.05, 0.1) is 74.1 Å². The van der Waals surface area contributed by atoms with E-state index in [1.807, 2.05) is 138 Å². The van der Waals surface area contributed by atoms with Crippen LogP contribution < -0.4 is 44.4 Å². The molecule has 3 aromatic heterocycles. The van der Waals surface area contributed by atoms with Crippen molar-refractivity contribution in [1.82, 2.24) is 60.6 Å². The molecule has 6 saturated carbocycles. The van der Waals surface area contributed by atoms with Crippen LogP contribution in [0.5, 0.6) is 34.9 Å². The van der Waals surface area contributed by atoms with Crippen LogP contribution in [0.1, 0.15) is 222 Å². The molecule has 699 valence electrons. The number of hydrogen-bond donors (Lipinski definition) is 3. The number of methoxy groups -OCH3 is 3. The smallest absolute Gasteiger partial charge is 0.408 e. The zero-order chi connectivity index (χ0) is 90.1. The summed E-state index contributed by atoms with van der Waals surface area (Å²) in [4.78, 5) is 152.